The molecule has 0 bridgehead atoms. The summed E-state index contributed by atoms with van der Waals surface area (Å²) in [6, 6.07) is 0.234. The molecule has 2 atom stereocenters. The van der Waals surface area contributed by atoms with Crippen LogP contribution in [0.3, 0.4) is 0 Å². The molecule has 8 heteroatoms. The fourth-order valence-electron chi connectivity index (χ4n) is 2.13. The molecule has 8 nitrogen and oxygen atoms in total. The van der Waals surface area contributed by atoms with E-state index < -0.39 is 0 Å². The van der Waals surface area contributed by atoms with Gasteiger partial charge in [0.05, 0.1) is 6.10 Å². The van der Waals surface area contributed by atoms with Gasteiger partial charge in [-0.3, -0.25) is 0 Å². The lowest BCUT2D eigenvalue weighted by Crippen LogP contribution is -2.27. The molecule has 20 heavy (non-hydrogen) atoms. The second-order valence-corrected chi connectivity index (χ2v) is 4.90. The van der Waals surface area contributed by atoms with Crippen molar-refractivity contribution >= 4 is 11.9 Å². The fourth-order valence-corrected chi connectivity index (χ4v) is 2.13. The molecule has 1 aromatic heterocycles. The summed E-state index contributed by atoms with van der Waals surface area (Å²) in [5.41, 5.74) is 5.71. The highest BCUT2D eigenvalue weighted by molar-refractivity contribution is 5.38. The molecule has 0 aromatic carbocycles. The molecule has 1 aliphatic heterocycles. The van der Waals surface area contributed by atoms with Crippen LogP contribution < -0.4 is 15.4 Å². The number of hydrogen-bond acceptors (Lipinski definition) is 8. The maximum absolute atomic E-state index is 5.71. The lowest BCUT2D eigenvalue weighted by Gasteiger charge is -2.16. The van der Waals surface area contributed by atoms with Crippen LogP contribution in [0, 0.1) is 0 Å². The van der Waals surface area contributed by atoms with Gasteiger partial charge in [-0.15, -0.1) is 0 Å². The third-order valence-electron chi connectivity index (χ3n) is 3.07. The van der Waals surface area contributed by atoms with Gasteiger partial charge >= 0.3 is 6.01 Å². The first-order valence-electron chi connectivity index (χ1n) is 6.52. The van der Waals surface area contributed by atoms with Gasteiger partial charge in [0.1, 0.15) is 12.2 Å². The van der Waals surface area contributed by atoms with Crippen molar-refractivity contribution < 1.29 is 14.2 Å². The summed E-state index contributed by atoms with van der Waals surface area (Å²) in [6.45, 7) is 5.08. The van der Waals surface area contributed by atoms with Gasteiger partial charge in [0.2, 0.25) is 11.9 Å². The molecule has 1 aliphatic rings. The van der Waals surface area contributed by atoms with E-state index in [-0.39, 0.29) is 30.3 Å². The predicted octanol–water partition coefficient (Wildman–Crippen LogP) is 0.0910. The normalized spacial score (nSPS) is 22.6. The largest absolute Gasteiger partial charge is 0.461 e. The molecule has 2 heterocycles. The summed E-state index contributed by atoms with van der Waals surface area (Å²) in [5, 5.41) is 0. The summed E-state index contributed by atoms with van der Waals surface area (Å²) in [6.07, 6.45) is -0.0680. The summed E-state index contributed by atoms with van der Waals surface area (Å²) < 4.78 is 16.3. The fraction of sp³-hybridized carbons (Fsp3) is 0.750. The number of hydrogen-bond donors (Lipinski definition) is 1. The summed E-state index contributed by atoms with van der Waals surface area (Å²) >= 11 is 0. The molecular formula is C12H21N5O3. The maximum Gasteiger partial charge on any atom is 0.323 e. The number of nitrogens with two attached hydrogens (primary N) is 1. The lowest BCUT2D eigenvalue weighted by atomic mass is 10.3. The van der Waals surface area contributed by atoms with Crippen LogP contribution in [0.4, 0.5) is 11.9 Å². The Labute approximate surface area is 118 Å². The number of methoxy groups -OCH3 is 2. The Morgan fingerprint density at radius 2 is 1.70 bits per heavy atom. The van der Waals surface area contributed by atoms with Gasteiger partial charge in [-0.25, -0.2) is 0 Å². The average molecular weight is 283 g/mol. The zero-order valence-electron chi connectivity index (χ0n) is 12.2. The van der Waals surface area contributed by atoms with Crippen molar-refractivity contribution in [3.63, 3.8) is 0 Å². The highest BCUT2D eigenvalue weighted by Gasteiger charge is 2.34. The van der Waals surface area contributed by atoms with E-state index in [1.54, 1.807) is 14.2 Å². The van der Waals surface area contributed by atoms with Crippen LogP contribution in [-0.4, -0.2) is 60.6 Å². The number of anilines is 2. The molecule has 2 rings (SSSR count). The SMILES string of the molecule is COC1CN(c2nc(N)nc(OC(C)C)n2)CC1OC. The first-order valence-corrected chi connectivity index (χ1v) is 6.52. The minimum Gasteiger partial charge on any atom is -0.461 e. The molecule has 2 unspecified atom stereocenters. The number of aromatic nitrogens is 3. The number of ether oxygens (including phenoxy) is 3. The minimum atomic E-state index is -0.0262. The van der Waals surface area contributed by atoms with E-state index in [0.29, 0.717) is 19.0 Å². The van der Waals surface area contributed by atoms with Crippen LogP contribution in [0.2, 0.25) is 0 Å². The van der Waals surface area contributed by atoms with Crippen molar-refractivity contribution in [1.29, 1.82) is 0 Å². The maximum atomic E-state index is 5.71. The van der Waals surface area contributed by atoms with Crippen molar-refractivity contribution in [3.8, 4) is 6.01 Å². The second kappa shape index (κ2) is 6.19. The zero-order valence-corrected chi connectivity index (χ0v) is 12.2. The quantitative estimate of drug-likeness (QED) is 0.812. The van der Waals surface area contributed by atoms with Gasteiger partial charge < -0.3 is 24.8 Å². The van der Waals surface area contributed by atoms with Crippen molar-refractivity contribution in [1.82, 2.24) is 15.0 Å². The van der Waals surface area contributed by atoms with Crippen LogP contribution in [0.25, 0.3) is 0 Å². The Hall–Kier alpha value is -1.67. The van der Waals surface area contributed by atoms with Gasteiger partial charge in [-0.05, 0) is 13.8 Å². The topological polar surface area (TPSA) is 95.6 Å². The van der Waals surface area contributed by atoms with E-state index in [1.165, 1.54) is 0 Å². The average Bonchev–Trinajstić information content (AvgIpc) is 2.80. The zero-order chi connectivity index (χ0) is 14.7. The lowest BCUT2D eigenvalue weighted by molar-refractivity contribution is -0.00461. The van der Waals surface area contributed by atoms with Crippen molar-refractivity contribution in [2.75, 3.05) is 37.9 Å². The minimum absolute atomic E-state index is 0.0209. The van der Waals surface area contributed by atoms with E-state index in [9.17, 15) is 0 Å². The summed E-state index contributed by atoms with van der Waals surface area (Å²) in [4.78, 5) is 14.4. The number of nitrogen functional groups attached to an aromatic ring is 1. The van der Waals surface area contributed by atoms with Crippen LogP contribution in [0.15, 0.2) is 0 Å². The molecule has 112 valence electrons. The van der Waals surface area contributed by atoms with E-state index in [1.807, 2.05) is 18.7 Å². The molecular weight excluding hydrogens is 262 g/mol. The van der Waals surface area contributed by atoms with E-state index >= 15 is 0 Å². The van der Waals surface area contributed by atoms with Crippen LogP contribution in [0.1, 0.15) is 13.8 Å². The second-order valence-electron chi connectivity index (χ2n) is 4.90. The van der Waals surface area contributed by atoms with Crippen LogP contribution in [0.5, 0.6) is 6.01 Å². The first-order chi connectivity index (χ1) is 9.53. The van der Waals surface area contributed by atoms with Crippen molar-refractivity contribution in [2.24, 2.45) is 0 Å². The Bertz CT molecular complexity index is 445. The standard InChI is InChI=1S/C12H21N5O3/c1-7(2)20-12-15-10(13)14-11(16-12)17-5-8(18-3)9(6-17)19-4/h7-9H,5-6H2,1-4H3,(H2,13,14,15,16). The molecule has 0 aliphatic carbocycles. The van der Waals surface area contributed by atoms with Gasteiger partial charge in [0.25, 0.3) is 0 Å². The Morgan fingerprint density at radius 3 is 2.20 bits per heavy atom. The third-order valence-corrected chi connectivity index (χ3v) is 3.07. The van der Waals surface area contributed by atoms with Gasteiger partial charge in [-0.1, -0.05) is 0 Å². The molecule has 0 amide bonds. The first kappa shape index (κ1) is 14.7. The highest BCUT2D eigenvalue weighted by Crippen LogP contribution is 2.22. The molecule has 0 radical (unpaired) electrons. The van der Waals surface area contributed by atoms with E-state index in [4.69, 9.17) is 19.9 Å². The van der Waals surface area contributed by atoms with Crippen molar-refractivity contribution in [2.45, 2.75) is 32.2 Å². The molecule has 1 fully saturated rings. The Kier molecular flexibility index (Phi) is 4.56. The number of rotatable bonds is 5. The highest BCUT2D eigenvalue weighted by atomic mass is 16.5. The van der Waals surface area contributed by atoms with Crippen LogP contribution >= 0.6 is 0 Å². The molecule has 0 saturated carbocycles. The molecule has 1 saturated heterocycles. The van der Waals surface area contributed by atoms with Crippen LogP contribution in [-0.2, 0) is 9.47 Å². The Morgan fingerprint density at radius 1 is 1.10 bits per heavy atom. The van der Waals surface area contributed by atoms with E-state index in [0.717, 1.165) is 0 Å². The molecule has 2 N–H and O–H groups in total. The van der Waals surface area contributed by atoms with E-state index in [2.05, 4.69) is 15.0 Å². The third kappa shape index (κ3) is 3.26. The van der Waals surface area contributed by atoms with Gasteiger partial charge in [0, 0.05) is 27.3 Å². The van der Waals surface area contributed by atoms with Gasteiger partial charge in [0.15, 0.2) is 0 Å². The Balaban J connectivity index is 2.18. The molecule has 1 aromatic rings. The van der Waals surface area contributed by atoms with Crippen molar-refractivity contribution in [3.05, 3.63) is 0 Å². The molecule has 0 spiro atoms. The summed E-state index contributed by atoms with van der Waals surface area (Å²) in [5.74, 6) is 0.621. The number of nitrogens with zero attached hydrogens (tertiary/aromatic N) is 4. The smallest absolute Gasteiger partial charge is 0.323 e. The monoisotopic (exact) mass is 283 g/mol. The van der Waals surface area contributed by atoms with Gasteiger partial charge in [-0.2, -0.15) is 15.0 Å². The predicted molar refractivity (Wildman–Crippen MR) is 73.8 cm³/mol. The summed E-state index contributed by atoms with van der Waals surface area (Å²) in [7, 11) is 3.32.